The van der Waals surface area contributed by atoms with Gasteiger partial charge in [0.25, 0.3) is 0 Å². The number of benzene rings is 2. The first-order chi connectivity index (χ1) is 14.7. The van der Waals surface area contributed by atoms with Crippen LogP contribution in [0.3, 0.4) is 0 Å². The number of carbonyl (C=O) groups is 1. The molecule has 2 aliphatic heterocycles. The maximum atomic E-state index is 11.7. The second-order valence-corrected chi connectivity index (χ2v) is 9.09. The van der Waals surface area contributed by atoms with Crippen LogP contribution in [0.2, 0.25) is 0 Å². The van der Waals surface area contributed by atoms with E-state index in [2.05, 4.69) is 20.8 Å². The number of rotatable bonds is 5. The summed E-state index contributed by atoms with van der Waals surface area (Å²) in [6.45, 7) is 8.77. The van der Waals surface area contributed by atoms with E-state index in [4.69, 9.17) is 14.2 Å². The normalized spacial score (nSPS) is 22.2. The molecule has 0 radical (unpaired) electrons. The maximum Gasteiger partial charge on any atom is 0.309 e. The minimum Gasteiger partial charge on any atom is -0.488 e. The van der Waals surface area contributed by atoms with Crippen molar-refractivity contribution in [2.45, 2.75) is 71.4 Å². The van der Waals surface area contributed by atoms with Gasteiger partial charge in [-0.15, -0.1) is 0 Å². The number of aliphatic hydroxyl groups excluding tert-OH is 1. The highest BCUT2D eigenvalue weighted by molar-refractivity contribution is 5.73. The van der Waals surface area contributed by atoms with Crippen molar-refractivity contribution >= 4 is 12.0 Å². The van der Waals surface area contributed by atoms with Crippen molar-refractivity contribution in [1.29, 1.82) is 0 Å². The molecule has 1 saturated heterocycles. The lowest BCUT2D eigenvalue weighted by molar-refractivity contribution is -0.156. The SMILES string of the molecule is Cc1c(C=CC2CC(O)CC(=O)O2)c2c(c(C)c1OCc1ccccc1)CC(C)(C)O2. The highest BCUT2D eigenvalue weighted by Crippen LogP contribution is 2.46. The lowest BCUT2D eigenvalue weighted by Crippen LogP contribution is -2.31. The molecule has 1 fully saturated rings. The smallest absolute Gasteiger partial charge is 0.309 e. The van der Waals surface area contributed by atoms with Crippen LogP contribution < -0.4 is 9.47 Å². The zero-order chi connectivity index (χ0) is 22.2. The number of cyclic esters (lactones) is 1. The summed E-state index contributed by atoms with van der Waals surface area (Å²) in [4.78, 5) is 11.7. The largest absolute Gasteiger partial charge is 0.488 e. The van der Waals surface area contributed by atoms with Gasteiger partial charge in [-0.25, -0.2) is 0 Å². The molecule has 164 valence electrons. The van der Waals surface area contributed by atoms with Gasteiger partial charge in [0.15, 0.2) is 0 Å². The molecule has 0 bridgehead atoms. The van der Waals surface area contributed by atoms with Crippen LogP contribution in [-0.4, -0.2) is 28.9 Å². The molecule has 1 N–H and O–H groups in total. The van der Waals surface area contributed by atoms with Crippen molar-refractivity contribution in [1.82, 2.24) is 0 Å². The van der Waals surface area contributed by atoms with Crippen molar-refractivity contribution in [3.05, 3.63) is 64.2 Å². The predicted molar refractivity (Wildman–Crippen MR) is 119 cm³/mol. The summed E-state index contributed by atoms with van der Waals surface area (Å²) < 4.78 is 18.0. The molecule has 2 heterocycles. The van der Waals surface area contributed by atoms with Crippen molar-refractivity contribution < 1.29 is 24.1 Å². The van der Waals surface area contributed by atoms with E-state index in [9.17, 15) is 9.90 Å². The number of aliphatic hydroxyl groups is 1. The molecule has 5 heteroatoms. The van der Waals surface area contributed by atoms with E-state index < -0.39 is 12.2 Å². The standard InChI is InChI=1S/C26H30O5/c1-16-21(11-10-20-12-19(27)13-23(28)30-20)25-22(14-26(3,4)31-25)17(2)24(16)29-15-18-8-6-5-7-9-18/h5-11,19-20,27H,12-15H2,1-4H3. The first kappa shape index (κ1) is 21.4. The maximum absolute atomic E-state index is 11.7. The van der Waals surface area contributed by atoms with Gasteiger partial charge in [-0.3, -0.25) is 4.79 Å². The molecule has 0 amide bonds. The molecule has 2 atom stereocenters. The Morgan fingerprint density at radius 2 is 1.94 bits per heavy atom. The topological polar surface area (TPSA) is 65.0 Å². The summed E-state index contributed by atoms with van der Waals surface area (Å²) >= 11 is 0. The lowest BCUT2D eigenvalue weighted by Gasteiger charge is -2.24. The molecule has 0 aliphatic carbocycles. The molecule has 2 aromatic rings. The number of hydrogen-bond acceptors (Lipinski definition) is 5. The average molecular weight is 423 g/mol. The molecule has 0 aromatic heterocycles. The molecule has 2 aliphatic rings. The van der Waals surface area contributed by atoms with E-state index in [1.807, 2.05) is 49.4 Å². The predicted octanol–water partition coefficient (Wildman–Crippen LogP) is 4.68. The number of carbonyl (C=O) groups excluding carboxylic acids is 1. The third kappa shape index (κ3) is 4.62. The van der Waals surface area contributed by atoms with Crippen LogP contribution >= 0.6 is 0 Å². The summed E-state index contributed by atoms with van der Waals surface area (Å²) in [5.74, 6) is 1.36. The van der Waals surface area contributed by atoms with Gasteiger partial charge in [0.2, 0.25) is 0 Å². The van der Waals surface area contributed by atoms with E-state index in [1.165, 1.54) is 0 Å². The van der Waals surface area contributed by atoms with Crippen LogP contribution in [-0.2, 0) is 22.6 Å². The molecular formula is C26H30O5. The van der Waals surface area contributed by atoms with Crippen LogP contribution in [0.4, 0.5) is 0 Å². The van der Waals surface area contributed by atoms with Crippen molar-refractivity contribution in [3.63, 3.8) is 0 Å². The fourth-order valence-corrected chi connectivity index (χ4v) is 4.39. The van der Waals surface area contributed by atoms with E-state index in [0.29, 0.717) is 13.0 Å². The summed E-state index contributed by atoms with van der Waals surface area (Å²) in [7, 11) is 0. The Kier molecular flexibility index (Phi) is 5.80. The molecule has 31 heavy (non-hydrogen) atoms. The van der Waals surface area contributed by atoms with Gasteiger partial charge in [-0.2, -0.15) is 0 Å². The Morgan fingerprint density at radius 1 is 1.19 bits per heavy atom. The molecule has 4 rings (SSSR count). The summed E-state index contributed by atoms with van der Waals surface area (Å²) in [5, 5.41) is 9.90. The van der Waals surface area contributed by atoms with E-state index in [1.54, 1.807) is 0 Å². The van der Waals surface area contributed by atoms with Gasteiger partial charge in [0.1, 0.15) is 29.8 Å². The van der Waals surface area contributed by atoms with E-state index >= 15 is 0 Å². The van der Waals surface area contributed by atoms with E-state index in [-0.39, 0.29) is 18.0 Å². The lowest BCUT2D eigenvalue weighted by atomic mass is 9.92. The number of hydrogen-bond donors (Lipinski definition) is 1. The fraction of sp³-hybridized carbons (Fsp3) is 0.423. The quantitative estimate of drug-likeness (QED) is 0.709. The Hall–Kier alpha value is -2.79. The first-order valence-corrected chi connectivity index (χ1v) is 10.8. The minimum atomic E-state index is -0.666. The average Bonchev–Trinajstić information content (AvgIpc) is 3.03. The zero-order valence-corrected chi connectivity index (χ0v) is 18.6. The number of ether oxygens (including phenoxy) is 3. The minimum absolute atomic E-state index is 0.0536. The molecule has 2 unspecified atom stereocenters. The Labute approximate surface area is 183 Å². The highest BCUT2D eigenvalue weighted by Gasteiger charge is 2.35. The van der Waals surface area contributed by atoms with Crippen molar-refractivity contribution in [2.24, 2.45) is 0 Å². The second-order valence-electron chi connectivity index (χ2n) is 9.09. The first-order valence-electron chi connectivity index (χ1n) is 10.8. The second kappa shape index (κ2) is 8.39. The Balaban J connectivity index is 1.69. The van der Waals surface area contributed by atoms with Gasteiger partial charge in [-0.1, -0.05) is 36.4 Å². The van der Waals surface area contributed by atoms with Crippen LogP contribution in [0.1, 0.15) is 54.5 Å². The third-order valence-corrected chi connectivity index (χ3v) is 5.93. The van der Waals surface area contributed by atoms with Gasteiger partial charge in [0.05, 0.1) is 12.5 Å². The number of fused-ring (bicyclic) bond motifs is 1. The van der Waals surface area contributed by atoms with Crippen LogP contribution in [0.15, 0.2) is 36.4 Å². The summed E-state index contributed by atoms with van der Waals surface area (Å²) in [5.41, 5.74) is 4.99. The molecule has 0 saturated carbocycles. The molecule has 5 nitrogen and oxygen atoms in total. The van der Waals surface area contributed by atoms with Crippen molar-refractivity contribution in [3.8, 4) is 11.5 Å². The van der Waals surface area contributed by atoms with Gasteiger partial charge < -0.3 is 19.3 Å². The Morgan fingerprint density at radius 3 is 2.65 bits per heavy atom. The monoisotopic (exact) mass is 422 g/mol. The van der Waals surface area contributed by atoms with Gasteiger partial charge in [-0.05, 0) is 44.9 Å². The highest BCUT2D eigenvalue weighted by atomic mass is 16.5. The molecule has 2 aromatic carbocycles. The molecule has 0 spiro atoms. The van der Waals surface area contributed by atoms with Crippen molar-refractivity contribution in [2.75, 3.05) is 0 Å². The van der Waals surface area contributed by atoms with Gasteiger partial charge >= 0.3 is 5.97 Å². The third-order valence-electron chi connectivity index (χ3n) is 5.93. The van der Waals surface area contributed by atoms with Crippen LogP contribution in [0, 0.1) is 13.8 Å². The van der Waals surface area contributed by atoms with E-state index in [0.717, 1.165) is 45.7 Å². The number of esters is 1. The fourth-order valence-electron chi connectivity index (χ4n) is 4.39. The van der Waals surface area contributed by atoms with Crippen LogP contribution in [0.25, 0.3) is 6.08 Å². The summed E-state index contributed by atoms with van der Waals surface area (Å²) in [6, 6.07) is 10.1. The molecular weight excluding hydrogens is 392 g/mol. The Bertz CT molecular complexity index is 1010. The zero-order valence-electron chi connectivity index (χ0n) is 18.6. The van der Waals surface area contributed by atoms with Gasteiger partial charge in [0, 0.05) is 29.5 Å². The summed E-state index contributed by atoms with van der Waals surface area (Å²) in [6.07, 6.45) is 3.93. The van der Waals surface area contributed by atoms with Crippen LogP contribution in [0.5, 0.6) is 11.5 Å².